The van der Waals surface area contributed by atoms with Gasteiger partial charge in [0.05, 0.1) is 7.11 Å². The molecule has 4 nitrogen and oxygen atoms in total. The lowest BCUT2D eigenvalue weighted by atomic mass is 10.2. The second-order valence-electron chi connectivity index (χ2n) is 6.02. The second-order valence-corrected chi connectivity index (χ2v) is 6.02. The van der Waals surface area contributed by atoms with Crippen LogP contribution in [0, 0.1) is 0 Å². The number of nitrogens with zero attached hydrogens (tertiary/aromatic N) is 1. The van der Waals surface area contributed by atoms with Gasteiger partial charge in [-0.15, -0.1) is 0 Å². The summed E-state index contributed by atoms with van der Waals surface area (Å²) in [6.45, 7) is 4.07. The molecule has 2 aliphatic rings. The summed E-state index contributed by atoms with van der Waals surface area (Å²) in [6, 6.07) is 9.33. The maximum absolute atomic E-state index is 5.91. The number of methoxy groups -OCH3 is 1. The number of rotatable bonds is 8. The Balaban J connectivity index is 1.47. The van der Waals surface area contributed by atoms with Gasteiger partial charge in [0.2, 0.25) is 0 Å². The van der Waals surface area contributed by atoms with Crippen molar-refractivity contribution in [1.29, 1.82) is 0 Å². The molecule has 0 bridgehead atoms. The first-order valence-corrected chi connectivity index (χ1v) is 8.10. The summed E-state index contributed by atoms with van der Waals surface area (Å²) in [6.07, 6.45) is 5.33. The summed E-state index contributed by atoms with van der Waals surface area (Å²) in [5, 5.41) is 3.59. The van der Waals surface area contributed by atoms with Crippen molar-refractivity contribution in [1.82, 2.24) is 10.2 Å². The van der Waals surface area contributed by atoms with Gasteiger partial charge in [0.15, 0.2) is 11.5 Å². The molecule has 0 spiro atoms. The molecule has 1 saturated heterocycles. The molecule has 1 aromatic rings. The molecule has 1 aliphatic carbocycles. The molecule has 21 heavy (non-hydrogen) atoms. The van der Waals surface area contributed by atoms with Crippen LogP contribution in [-0.2, 0) is 0 Å². The highest BCUT2D eigenvalue weighted by Crippen LogP contribution is 2.28. The highest BCUT2D eigenvalue weighted by atomic mass is 16.5. The summed E-state index contributed by atoms with van der Waals surface area (Å²) in [7, 11) is 1.68. The molecule has 1 N–H and O–H groups in total. The first kappa shape index (κ1) is 14.7. The minimum absolute atomic E-state index is 0.678. The molecule has 0 radical (unpaired) electrons. The molecule has 3 rings (SSSR count). The molecule has 1 saturated carbocycles. The van der Waals surface area contributed by atoms with Crippen LogP contribution in [0.5, 0.6) is 11.5 Å². The topological polar surface area (TPSA) is 33.7 Å². The van der Waals surface area contributed by atoms with Gasteiger partial charge in [-0.25, -0.2) is 0 Å². The van der Waals surface area contributed by atoms with Gasteiger partial charge in [0.25, 0.3) is 0 Å². The van der Waals surface area contributed by atoms with Crippen LogP contribution < -0.4 is 14.8 Å². The highest BCUT2D eigenvalue weighted by Gasteiger charge is 2.31. The van der Waals surface area contributed by atoms with Crippen LogP contribution >= 0.6 is 0 Å². The lowest BCUT2D eigenvalue weighted by Crippen LogP contribution is -2.40. The molecular formula is C17H26N2O2. The molecule has 0 amide bonds. The largest absolute Gasteiger partial charge is 0.493 e. The van der Waals surface area contributed by atoms with Crippen molar-refractivity contribution in [2.75, 3.05) is 33.4 Å². The third-order valence-electron chi connectivity index (χ3n) is 4.39. The second kappa shape index (κ2) is 7.14. The monoisotopic (exact) mass is 290 g/mol. The normalized spacial score (nSPS) is 21.7. The van der Waals surface area contributed by atoms with E-state index in [1.54, 1.807) is 7.11 Å². The summed E-state index contributed by atoms with van der Waals surface area (Å²) in [5.41, 5.74) is 0. The maximum atomic E-state index is 5.91. The first-order chi connectivity index (χ1) is 10.4. The molecule has 1 atom stereocenters. The Morgan fingerprint density at radius 2 is 2.00 bits per heavy atom. The standard InChI is InChI=1S/C17H26N2O2/c1-20-16-6-2-3-7-17(16)21-12-11-19(15-8-9-15)13-14-5-4-10-18-14/h2-3,6-7,14-15,18H,4-5,8-13H2,1H3. The summed E-state index contributed by atoms with van der Waals surface area (Å²) in [4.78, 5) is 2.60. The van der Waals surface area contributed by atoms with E-state index in [1.165, 1.54) is 38.8 Å². The van der Waals surface area contributed by atoms with E-state index in [-0.39, 0.29) is 0 Å². The molecule has 1 heterocycles. The average molecular weight is 290 g/mol. The summed E-state index contributed by atoms with van der Waals surface area (Å²) < 4.78 is 11.2. The zero-order chi connectivity index (χ0) is 14.5. The van der Waals surface area contributed by atoms with E-state index in [0.29, 0.717) is 6.04 Å². The van der Waals surface area contributed by atoms with E-state index in [0.717, 1.165) is 30.7 Å². The molecular weight excluding hydrogens is 264 g/mol. The number of nitrogens with one attached hydrogen (secondary N) is 1. The van der Waals surface area contributed by atoms with Crippen LogP contribution in [0.2, 0.25) is 0 Å². The van der Waals surface area contributed by atoms with Gasteiger partial charge in [-0.05, 0) is 44.4 Å². The Kier molecular flexibility index (Phi) is 4.99. The molecule has 1 unspecified atom stereocenters. The van der Waals surface area contributed by atoms with Crippen molar-refractivity contribution in [3.63, 3.8) is 0 Å². The molecule has 116 valence electrons. The van der Waals surface area contributed by atoms with Gasteiger partial charge in [0, 0.05) is 25.2 Å². The Morgan fingerprint density at radius 3 is 2.67 bits per heavy atom. The van der Waals surface area contributed by atoms with Gasteiger partial charge in [-0.3, -0.25) is 4.90 Å². The van der Waals surface area contributed by atoms with Crippen molar-refractivity contribution in [2.45, 2.75) is 37.8 Å². The quantitative estimate of drug-likeness (QED) is 0.796. The minimum Gasteiger partial charge on any atom is -0.493 e. The van der Waals surface area contributed by atoms with E-state index < -0.39 is 0 Å². The van der Waals surface area contributed by atoms with Crippen LogP contribution in [0.15, 0.2) is 24.3 Å². The maximum Gasteiger partial charge on any atom is 0.161 e. The third-order valence-corrected chi connectivity index (χ3v) is 4.39. The fourth-order valence-electron chi connectivity index (χ4n) is 3.07. The van der Waals surface area contributed by atoms with Crippen LogP contribution in [-0.4, -0.2) is 50.3 Å². The molecule has 1 aromatic carbocycles. The van der Waals surface area contributed by atoms with E-state index in [9.17, 15) is 0 Å². The van der Waals surface area contributed by atoms with Crippen molar-refractivity contribution >= 4 is 0 Å². The van der Waals surface area contributed by atoms with E-state index in [4.69, 9.17) is 9.47 Å². The summed E-state index contributed by atoms with van der Waals surface area (Å²) in [5.74, 6) is 1.66. The Labute approximate surface area is 127 Å². The minimum atomic E-state index is 0.678. The fourth-order valence-corrected chi connectivity index (χ4v) is 3.07. The number of para-hydroxylation sites is 2. The number of benzene rings is 1. The van der Waals surface area contributed by atoms with Crippen molar-refractivity contribution in [3.05, 3.63) is 24.3 Å². The van der Waals surface area contributed by atoms with Gasteiger partial charge in [-0.1, -0.05) is 12.1 Å². The smallest absolute Gasteiger partial charge is 0.161 e. The Bertz CT molecular complexity index is 442. The van der Waals surface area contributed by atoms with Crippen LogP contribution in [0.1, 0.15) is 25.7 Å². The number of ether oxygens (including phenoxy) is 2. The van der Waals surface area contributed by atoms with Gasteiger partial charge < -0.3 is 14.8 Å². The fraction of sp³-hybridized carbons (Fsp3) is 0.647. The van der Waals surface area contributed by atoms with Crippen LogP contribution in [0.25, 0.3) is 0 Å². The SMILES string of the molecule is COc1ccccc1OCCN(CC1CCCN1)C1CC1. The Morgan fingerprint density at radius 1 is 1.19 bits per heavy atom. The lowest BCUT2D eigenvalue weighted by Gasteiger charge is -2.25. The van der Waals surface area contributed by atoms with E-state index in [2.05, 4.69) is 10.2 Å². The zero-order valence-corrected chi connectivity index (χ0v) is 12.9. The molecule has 4 heteroatoms. The lowest BCUT2D eigenvalue weighted by molar-refractivity contribution is 0.186. The number of hydrogen-bond donors (Lipinski definition) is 1. The molecule has 0 aromatic heterocycles. The van der Waals surface area contributed by atoms with Gasteiger partial charge >= 0.3 is 0 Å². The predicted molar refractivity (Wildman–Crippen MR) is 84.1 cm³/mol. The van der Waals surface area contributed by atoms with Crippen molar-refractivity contribution in [3.8, 4) is 11.5 Å². The predicted octanol–water partition coefficient (Wildman–Crippen LogP) is 2.29. The van der Waals surface area contributed by atoms with Crippen molar-refractivity contribution in [2.24, 2.45) is 0 Å². The Hall–Kier alpha value is -1.26. The van der Waals surface area contributed by atoms with Gasteiger partial charge in [-0.2, -0.15) is 0 Å². The van der Waals surface area contributed by atoms with Crippen LogP contribution in [0.4, 0.5) is 0 Å². The number of hydrogen-bond acceptors (Lipinski definition) is 4. The third kappa shape index (κ3) is 4.11. The highest BCUT2D eigenvalue weighted by molar-refractivity contribution is 5.39. The molecule has 1 aliphatic heterocycles. The van der Waals surface area contributed by atoms with E-state index >= 15 is 0 Å². The average Bonchev–Trinajstić information content (AvgIpc) is 3.24. The van der Waals surface area contributed by atoms with E-state index in [1.807, 2.05) is 24.3 Å². The van der Waals surface area contributed by atoms with Gasteiger partial charge in [0.1, 0.15) is 6.61 Å². The zero-order valence-electron chi connectivity index (χ0n) is 12.9. The summed E-state index contributed by atoms with van der Waals surface area (Å²) >= 11 is 0. The first-order valence-electron chi connectivity index (χ1n) is 8.10. The molecule has 2 fully saturated rings. The van der Waals surface area contributed by atoms with Crippen LogP contribution in [0.3, 0.4) is 0 Å². The van der Waals surface area contributed by atoms with Crippen molar-refractivity contribution < 1.29 is 9.47 Å².